The average Bonchev–Trinajstić information content (AvgIpc) is 2.69. The van der Waals surface area contributed by atoms with Crippen LogP contribution in [0.5, 0.6) is 0 Å². The Morgan fingerprint density at radius 2 is 2.28 bits per heavy atom. The zero-order chi connectivity index (χ0) is 13.0. The normalized spacial score (nSPS) is 24.1. The van der Waals surface area contributed by atoms with Crippen molar-refractivity contribution in [2.75, 3.05) is 13.1 Å². The van der Waals surface area contributed by atoms with Gasteiger partial charge >= 0.3 is 0 Å². The van der Waals surface area contributed by atoms with Crippen molar-refractivity contribution in [3.63, 3.8) is 0 Å². The Bertz CT molecular complexity index is 410. The van der Waals surface area contributed by atoms with Crippen LogP contribution in [0, 0.1) is 11.8 Å². The molecule has 0 fully saturated rings. The van der Waals surface area contributed by atoms with Crippen LogP contribution in [0.25, 0.3) is 0 Å². The predicted molar refractivity (Wildman–Crippen MR) is 84.2 cm³/mol. The van der Waals surface area contributed by atoms with Crippen LogP contribution in [0.15, 0.2) is 27.6 Å². The molecule has 1 aliphatic rings. The Hall–Kier alpha value is -0.120. The summed E-state index contributed by atoms with van der Waals surface area (Å²) >= 11 is 5.35. The molecule has 0 saturated carbocycles. The minimum absolute atomic E-state index is 0.763. The second kappa shape index (κ2) is 6.88. The quantitative estimate of drug-likeness (QED) is 0.613. The maximum absolute atomic E-state index is 3.62. The van der Waals surface area contributed by atoms with Crippen molar-refractivity contribution >= 4 is 27.3 Å². The number of thiophene rings is 1. The highest BCUT2D eigenvalue weighted by Gasteiger charge is 2.17. The smallest absolute Gasteiger partial charge is 0.0701 e. The number of hydrogen-bond donors (Lipinski definition) is 1. The monoisotopic (exact) mass is 327 g/mol. The van der Waals surface area contributed by atoms with Gasteiger partial charge in [-0.05, 0) is 79.2 Å². The molecule has 18 heavy (non-hydrogen) atoms. The van der Waals surface area contributed by atoms with Crippen molar-refractivity contribution in [3.8, 4) is 0 Å². The second-order valence-corrected chi connectivity index (χ2v) is 8.00. The van der Waals surface area contributed by atoms with Gasteiger partial charge in [-0.15, -0.1) is 11.3 Å². The Balaban J connectivity index is 1.65. The maximum atomic E-state index is 3.62. The molecule has 3 heteroatoms. The van der Waals surface area contributed by atoms with E-state index < -0.39 is 0 Å². The van der Waals surface area contributed by atoms with E-state index in [1.54, 1.807) is 5.57 Å². The number of nitrogens with one attached hydrogen (secondary N) is 1. The Morgan fingerprint density at radius 1 is 1.44 bits per heavy atom. The van der Waals surface area contributed by atoms with E-state index in [9.17, 15) is 0 Å². The summed E-state index contributed by atoms with van der Waals surface area (Å²) in [4.78, 5) is 1.46. The van der Waals surface area contributed by atoms with Crippen LogP contribution in [0.2, 0.25) is 0 Å². The summed E-state index contributed by atoms with van der Waals surface area (Å²) < 4.78 is 1.24. The molecule has 1 aromatic rings. The van der Waals surface area contributed by atoms with E-state index in [2.05, 4.69) is 53.3 Å². The van der Waals surface area contributed by atoms with E-state index in [0.717, 1.165) is 24.8 Å². The molecule has 0 radical (unpaired) electrons. The van der Waals surface area contributed by atoms with E-state index in [1.165, 1.54) is 28.0 Å². The third-order valence-corrected chi connectivity index (χ3v) is 5.18. The predicted octanol–water partition coefficient (Wildman–Crippen LogP) is 4.64. The van der Waals surface area contributed by atoms with Gasteiger partial charge in [0, 0.05) is 4.88 Å². The van der Waals surface area contributed by atoms with Gasteiger partial charge < -0.3 is 5.32 Å². The van der Waals surface area contributed by atoms with E-state index in [-0.39, 0.29) is 0 Å². The zero-order valence-corrected chi connectivity index (χ0v) is 13.6. The van der Waals surface area contributed by atoms with E-state index in [0.29, 0.717) is 0 Å². The molecule has 1 N–H and O–H groups in total. The molecule has 0 spiro atoms. The first-order chi connectivity index (χ1) is 8.63. The SMILES string of the molecule is CC1=CC(C)CC(CNCCc2ccc(Br)s2)C1. The highest BCUT2D eigenvalue weighted by molar-refractivity contribution is 9.11. The lowest BCUT2D eigenvalue weighted by molar-refractivity contribution is 0.383. The molecule has 2 unspecified atom stereocenters. The number of rotatable bonds is 5. The third kappa shape index (κ3) is 4.52. The fraction of sp³-hybridized carbons (Fsp3) is 0.600. The summed E-state index contributed by atoms with van der Waals surface area (Å²) in [5.74, 6) is 1.60. The van der Waals surface area contributed by atoms with Crippen LogP contribution in [-0.4, -0.2) is 13.1 Å². The number of hydrogen-bond acceptors (Lipinski definition) is 2. The van der Waals surface area contributed by atoms with Gasteiger partial charge in [-0.2, -0.15) is 0 Å². The zero-order valence-electron chi connectivity index (χ0n) is 11.2. The standard InChI is InChI=1S/C15H22BrNS/c1-11-7-12(2)9-13(8-11)10-17-6-5-14-3-4-15(16)18-14/h3-4,7,11,13,17H,5-6,8-10H2,1-2H3. The van der Waals surface area contributed by atoms with Crippen LogP contribution >= 0.6 is 27.3 Å². The molecule has 0 saturated heterocycles. The summed E-state index contributed by atoms with van der Waals surface area (Å²) in [6.45, 7) is 6.87. The van der Waals surface area contributed by atoms with Gasteiger partial charge in [-0.1, -0.05) is 18.6 Å². The van der Waals surface area contributed by atoms with E-state index in [4.69, 9.17) is 0 Å². The molecule has 0 aliphatic heterocycles. The summed E-state index contributed by atoms with van der Waals surface area (Å²) in [5, 5.41) is 3.62. The first kappa shape index (κ1) is 14.3. The molecule has 1 aliphatic carbocycles. The first-order valence-corrected chi connectivity index (χ1v) is 8.36. The topological polar surface area (TPSA) is 12.0 Å². The van der Waals surface area contributed by atoms with Gasteiger partial charge in [-0.25, -0.2) is 0 Å². The first-order valence-electron chi connectivity index (χ1n) is 6.75. The molecule has 0 amide bonds. The Labute approximate surface area is 123 Å². The van der Waals surface area contributed by atoms with Crippen LogP contribution in [0.3, 0.4) is 0 Å². The molecule has 1 heterocycles. The van der Waals surface area contributed by atoms with Crippen molar-refractivity contribution in [2.45, 2.75) is 33.1 Å². The van der Waals surface area contributed by atoms with Crippen molar-refractivity contribution in [1.82, 2.24) is 5.32 Å². The molecule has 100 valence electrons. The lowest BCUT2D eigenvalue weighted by atomic mass is 9.84. The molecule has 2 rings (SSSR count). The molecular formula is C15H22BrNS. The summed E-state index contributed by atoms with van der Waals surface area (Å²) in [6, 6.07) is 4.35. The van der Waals surface area contributed by atoms with Crippen molar-refractivity contribution in [2.24, 2.45) is 11.8 Å². The largest absolute Gasteiger partial charge is 0.316 e. The second-order valence-electron chi connectivity index (χ2n) is 5.46. The average molecular weight is 328 g/mol. The Morgan fingerprint density at radius 3 is 2.94 bits per heavy atom. The highest BCUT2D eigenvalue weighted by atomic mass is 79.9. The molecule has 1 nitrogen and oxygen atoms in total. The fourth-order valence-electron chi connectivity index (χ4n) is 2.85. The molecule has 1 aromatic heterocycles. The minimum atomic E-state index is 0.763. The van der Waals surface area contributed by atoms with Gasteiger partial charge in [0.15, 0.2) is 0 Å². The van der Waals surface area contributed by atoms with Gasteiger partial charge in [0.2, 0.25) is 0 Å². The van der Waals surface area contributed by atoms with Crippen molar-refractivity contribution in [3.05, 3.63) is 32.4 Å². The van der Waals surface area contributed by atoms with Crippen LogP contribution in [0.1, 0.15) is 31.6 Å². The minimum Gasteiger partial charge on any atom is -0.316 e. The van der Waals surface area contributed by atoms with Crippen molar-refractivity contribution < 1.29 is 0 Å². The molecule has 0 aromatic carbocycles. The van der Waals surface area contributed by atoms with Gasteiger partial charge in [0.25, 0.3) is 0 Å². The molecule has 2 atom stereocenters. The Kier molecular flexibility index (Phi) is 5.46. The summed E-state index contributed by atoms with van der Waals surface area (Å²) in [5.41, 5.74) is 1.57. The van der Waals surface area contributed by atoms with Gasteiger partial charge in [0.05, 0.1) is 3.79 Å². The van der Waals surface area contributed by atoms with E-state index in [1.807, 2.05) is 11.3 Å². The van der Waals surface area contributed by atoms with Crippen LogP contribution < -0.4 is 5.32 Å². The van der Waals surface area contributed by atoms with Gasteiger partial charge in [0.1, 0.15) is 0 Å². The summed E-state index contributed by atoms with van der Waals surface area (Å²) in [6.07, 6.45) is 6.20. The number of halogens is 1. The lowest BCUT2D eigenvalue weighted by Crippen LogP contribution is -2.27. The maximum Gasteiger partial charge on any atom is 0.0701 e. The van der Waals surface area contributed by atoms with Crippen LogP contribution in [0.4, 0.5) is 0 Å². The molecular weight excluding hydrogens is 306 g/mol. The summed E-state index contributed by atoms with van der Waals surface area (Å²) in [7, 11) is 0. The van der Waals surface area contributed by atoms with Gasteiger partial charge in [-0.3, -0.25) is 0 Å². The van der Waals surface area contributed by atoms with E-state index >= 15 is 0 Å². The fourth-order valence-corrected chi connectivity index (χ4v) is 4.33. The van der Waals surface area contributed by atoms with Crippen LogP contribution in [-0.2, 0) is 6.42 Å². The lowest BCUT2D eigenvalue weighted by Gasteiger charge is -2.25. The number of allylic oxidation sites excluding steroid dienone is 2. The highest BCUT2D eigenvalue weighted by Crippen LogP contribution is 2.27. The third-order valence-electron chi connectivity index (χ3n) is 3.49. The van der Waals surface area contributed by atoms with Crippen molar-refractivity contribution in [1.29, 1.82) is 0 Å². The molecule has 0 bridgehead atoms.